The van der Waals surface area contributed by atoms with Crippen LogP contribution in [0.1, 0.15) is 19.3 Å². The normalized spacial score (nSPS) is 9.86. The molecule has 0 saturated heterocycles. The Kier molecular flexibility index (Phi) is 8.37. The van der Waals surface area contributed by atoms with Crippen molar-refractivity contribution in [3.05, 3.63) is 36.9 Å². The van der Waals surface area contributed by atoms with E-state index in [1.807, 2.05) is 0 Å². The summed E-state index contributed by atoms with van der Waals surface area (Å²) in [4.78, 5) is 23.2. The van der Waals surface area contributed by atoms with Crippen LogP contribution in [0.5, 0.6) is 0 Å². The van der Waals surface area contributed by atoms with Gasteiger partial charge in [0.25, 0.3) is 0 Å². The zero-order valence-electron chi connectivity index (χ0n) is 12.9. The highest BCUT2D eigenvalue weighted by atomic mass is 16.5. The molecule has 0 spiro atoms. The van der Waals surface area contributed by atoms with E-state index in [0.29, 0.717) is 30.9 Å². The zero-order chi connectivity index (χ0) is 16.2. The minimum absolute atomic E-state index is 0.0273. The number of ether oxygens (including phenoxy) is 1. The minimum Gasteiger partial charge on any atom is -0.385 e. The van der Waals surface area contributed by atoms with Crippen molar-refractivity contribution in [2.75, 3.05) is 30.9 Å². The Morgan fingerprint density at radius 1 is 1.14 bits per heavy atom. The van der Waals surface area contributed by atoms with Crippen LogP contribution in [0.4, 0.5) is 16.2 Å². The molecule has 0 radical (unpaired) electrons. The molecule has 0 aliphatic rings. The maximum absolute atomic E-state index is 11.7. The number of nitrogens with one attached hydrogen (secondary N) is 3. The van der Waals surface area contributed by atoms with E-state index in [1.165, 1.54) is 0 Å². The highest BCUT2D eigenvalue weighted by Crippen LogP contribution is 2.14. The van der Waals surface area contributed by atoms with Crippen LogP contribution >= 0.6 is 0 Å². The SMILES string of the molecule is C=CCNC(=O)Nc1ccc(NC(=O)CCCCOC)cc1. The summed E-state index contributed by atoms with van der Waals surface area (Å²) >= 11 is 0. The predicted octanol–water partition coefficient (Wildman–Crippen LogP) is 2.75. The van der Waals surface area contributed by atoms with Crippen LogP contribution < -0.4 is 16.0 Å². The lowest BCUT2D eigenvalue weighted by molar-refractivity contribution is -0.116. The van der Waals surface area contributed by atoms with Gasteiger partial charge in [0.05, 0.1) is 0 Å². The summed E-state index contributed by atoms with van der Waals surface area (Å²) in [7, 11) is 1.65. The molecule has 6 nitrogen and oxygen atoms in total. The number of hydrogen-bond donors (Lipinski definition) is 3. The number of anilines is 2. The van der Waals surface area contributed by atoms with Gasteiger partial charge in [0.1, 0.15) is 0 Å². The van der Waals surface area contributed by atoms with Crippen molar-refractivity contribution in [2.24, 2.45) is 0 Å². The largest absolute Gasteiger partial charge is 0.385 e. The van der Waals surface area contributed by atoms with E-state index >= 15 is 0 Å². The molecule has 1 aromatic rings. The van der Waals surface area contributed by atoms with Crippen LogP contribution in [0.3, 0.4) is 0 Å². The summed E-state index contributed by atoms with van der Waals surface area (Å²) in [6.07, 6.45) is 3.73. The van der Waals surface area contributed by atoms with Gasteiger partial charge < -0.3 is 20.7 Å². The van der Waals surface area contributed by atoms with Crippen LogP contribution in [0.2, 0.25) is 0 Å². The summed E-state index contributed by atoms with van der Waals surface area (Å²) in [5.41, 5.74) is 1.36. The number of unbranched alkanes of at least 4 members (excludes halogenated alkanes) is 1. The summed E-state index contributed by atoms with van der Waals surface area (Å²) in [5.74, 6) is -0.0273. The maximum atomic E-state index is 11.7. The lowest BCUT2D eigenvalue weighted by atomic mass is 10.2. The van der Waals surface area contributed by atoms with Gasteiger partial charge in [-0.05, 0) is 37.1 Å². The second kappa shape index (κ2) is 10.4. The van der Waals surface area contributed by atoms with Gasteiger partial charge in [-0.1, -0.05) is 6.08 Å². The Morgan fingerprint density at radius 2 is 1.77 bits per heavy atom. The number of rotatable bonds is 9. The van der Waals surface area contributed by atoms with Gasteiger partial charge >= 0.3 is 6.03 Å². The summed E-state index contributed by atoms with van der Waals surface area (Å²) in [5, 5.41) is 8.11. The highest BCUT2D eigenvalue weighted by Gasteiger charge is 2.03. The molecule has 0 aliphatic heterocycles. The molecular weight excluding hydrogens is 282 g/mol. The van der Waals surface area contributed by atoms with E-state index in [4.69, 9.17) is 4.74 Å². The van der Waals surface area contributed by atoms with E-state index in [-0.39, 0.29) is 11.9 Å². The minimum atomic E-state index is -0.296. The quantitative estimate of drug-likeness (QED) is 0.485. The third-order valence-electron chi connectivity index (χ3n) is 2.84. The molecule has 0 saturated carbocycles. The third-order valence-corrected chi connectivity index (χ3v) is 2.84. The van der Waals surface area contributed by atoms with Crippen LogP contribution in [0.15, 0.2) is 36.9 Å². The smallest absolute Gasteiger partial charge is 0.319 e. The van der Waals surface area contributed by atoms with Crippen molar-refractivity contribution >= 4 is 23.3 Å². The van der Waals surface area contributed by atoms with Crippen molar-refractivity contribution in [3.8, 4) is 0 Å². The highest BCUT2D eigenvalue weighted by molar-refractivity contribution is 5.92. The van der Waals surface area contributed by atoms with Crippen LogP contribution in [0, 0.1) is 0 Å². The summed E-state index contributed by atoms with van der Waals surface area (Å²) in [6, 6.07) is 6.66. The second-order valence-electron chi connectivity index (χ2n) is 4.70. The maximum Gasteiger partial charge on any atom is 0.319 e. The van der Waals surface area contributed by atoms with Crippen molar-refractivity contribution < 1.29 is 14.3 Å². The molecule has 1 aromatic carbocycles. The third kappa shape index (κ3) is 7.44. The fraction of sp³-hybridized carbons (Fsp3) is 0.375. The van der Waals surface area contributed by atoms with Gasteiger partial charge in [-0.15, -0.1) is 6.58 Å². The van der Waals surface area contributed by atoms with Gasteiger partial charge in [-0.2, -0.15) is 0 Å². The van der Waals surface area contributed by atoms with Gasteiger partial charge in [0, 0.05) is 38.1 Å². The van der Waals surface area contributed by atoms with Crippen LogP contribution in [-0.2, 0) is 9.53 Å². The van der Waals surface area contributed by atoms with Crippen LogP contribution in [-0.4, -0.2) is 32.2 Å². The average molecular weight is 305 g/mol. The van der Waals surface area contributed by atoms with E-state index in [0.717, 1.165) is 12.8 Å². The number of hydrogen-bond acceptors (Lipinski definition) is 3. The molecule has 0 heterocycles. The van der Waals surface area contributed by atoms with Gasteiger partial charge in [0.15, 0.2) is 0 Å². The zero-order valence-corrected chi connectivity index (χ0v) is 12.9. The standard InChI is InChI=1S/C16H23N3O3/c1-3-11-17-16(21)19-14-9-7-13(8-10-14)18-15(20)6-4-5-12-22-2/h3,7-10H,1,4-6,11-12H2,2H3,(H,18,20)(H2,17,19,21). The number of amides is 3. The molecule has 0 unspecified atom stereocenters. The van der Waals surface area contributed by atoms with Crippen molar-refractivity contribution in [3.63, 3.8) is 0 Å². The summed E-state index contributed by atoms with van der Waals surface area (Å²) < 4.78 is 4.93. The fourth-order valence-electron chi connectivity index (χ4n) is 1.73. The lowest BCUT2D eigenvalue weighted by Crippen LogP contribution is -2.28. The molecule has 3 amide bonds. The molecule has 1 rings (SSSR count). The number of carbonyl (C=O) groups is 2. The lowest BCUT2D eigenvalue weighted by Gasteiger charge is -2.08. The Morgan fingerprint density at radius 3 is 2.36 bits per heavy atom. The molecule has 120 valence electrons. The van der Waals surface area contributed by atoms with Crippen molar-refractivity contribution in [2.45, 2.75) is 19.3 Å². The first-order chi connectivity index (χ1) is 10.7. The molecule has 0 atom stereocenters. The molecule has 6 heteroatoms. The van der Waals surface area contributed by atoms with E-state index < -0.39 is 0 Å². The molecular formula is C16H23N3O3. The summed E-state index contributed by atoms with van der Waals surface area (Å²) in [6.45, 7) is 4.59. The van der Waals surface area contributed by atoms with E-state index in [2.05, 4.69) is 22.5 Å². The Bertz CT molecular complexity index is 486. The number of urea groups is 1. The van der Waals surface area contributed by atoms with Crippen molar-refractivity contribution in [1.82, 2.24) is 5.32 Å². The molecule has 3 N–H and O–H groups in total. The number of methoxy groups -OCH3 is 1. The number of benzene rings is 1. The molecule has 0 aromatic heterocycles. The molecule has 0 fully saturated rings. The molecule has 0 bridgehead atoms. The predicted molar refractivity (Wildman–Crippen MR) is 88.0 cm³/mol. The molecule has 0 aliphatic carbocycles. The average Bonchev–Trinajstić information content (AvgIpc) is 2.51. The fourth-order valence-corrected chi connectivity index (χ4v) is 1.73. The number of carbonyl (C=O) groups excluding carboxylic acids is 2. The van der Waals surface area contributed by atoms with Gasteiger partial charge in [-0.25, -0.2) is 4.79 Å². The van der Waals surface area contributed by atoms with E-state index in [1.54, 1.807) is 37.5 Å². The Labute approximate surface area is 130 Å². The Balaban J connectivity index is 2.36. The second-order valence-corrected chi connectivity index (χ2v) is 4.70. The molecule has 22 heavy (non-hydrogen) atoms. The monoisotopic (exact) mass is 305 g/mol. The van der Waals surface area contributed by atoms with Gasteiger partial charge in [0.2, 0.25) is 5.91 Å². The van der Waals surface area contributed by atoms with Gasteiger partial charge in [-0.3, -0.25) is 4.79 Å². The first-order valence-electron chi connectivity index (χ1n) is 7.20. The van der Waals surface area contributed by atoms with E-state index in [9.17, 15) is 9.59 Å². The van der Waals surface area contributed by atoms with Crippen molar-refractivity contribution in [1.29, 1.82) is 0 Å². The first kappa shape index (κ1) is 17.7. The van der Waals surface area contributed by atoms with Crippen LogP contribution in [0.25, 0.3) is 0 Å². The first-order valence-corrected chi connectivity index (χ1v) is 7.20. The topological polar surface area (TPSA) is 79.5 Å². The Hall–Kier alpha value is -2.34.